The second-order valence-corrected chi connectivity index (χ2v) is 6.08. The van der Waals surface area contributed by atoms with Gasteiger partial charge in [0.1, 0.15) is 0 Å². The molecule has 0 bridgehead atoms. The van der Waals surface area contributed by atoms with Gasteiger partial charge in [-0.3, -0.25) is 9.69 Å². The Morgan fingerprint density at radius 3 is 2.50 bits per heavy atom. The van der Waals surface area contributed by atoms with Crippen LogP contribution in [-0.2, 0) is 11.3 Å². The van der Waals surface area contributed by atoms with Crippen molar-refractivity contribution in [1.29, 1.82) is 0 Å². The minimum atomic E-state index is -0.205. The minimum Gasteiger partial charge on any atom is -0.399 e. The summed E-state index contributed by atoms with van der Waals surface area (Å²) < 4.78 is 0. The maximum Gasteiger partial charge on any atom is 0.237 e. The van der Waals surface area contributed by atoms with E-state index in [1.807, 2.05) is 63.9 Å². The first-order valence-electron chi connectivity index (χ1n) is 6.56. The number of anilines is 1. The first-order valence-corrected chi connectivity index (χ1v) is 6.56. The van der Waals surface area contributed by atoms with Crippen LogP contribution in [0, 0.1) is 0 Å². The molecule has 0 radical (unpaired) electrons. The van der Waals surface area contributed by atoms with Crippen LogP contribution in [0.2, 0.25) is 0 Å². The summed E-state index contributed by atoms with van der Waals surface area (Å²) in [5.41, 5.74) is 7.41. The number of nitrogens with zero attached hydrogens (tertiary/aromatic N) is 1. The van der Waals surface area contributed by atoms with Crippen molar-refractivity contribution >= 4 is 24.0 Å². The van der Waals surface area contributed by atoms with Gasteiger partial charge in [-0.05, 0) is 52.4 Å². The molecule has 3 N–H and O–H groups in total. The fourth-order valence-electron chi connectivity index (χ4n) is 1.79. The Kier molecular flexibility index (Phi) is 7.03. The van der Waals surface area contributed by atoms with E-state index in [1.165, 1.54) is 0 Å². The highest BCUT2D eigenvalue weighted by Gasteiger charge is 2.22. The molecule has 0 saturated carbocycles. The molecule has 0 spiro atoms. The van der Waals surface area contributed by atoms with Gasteiger partial charge in [-0.15, -0.1) is 12.4 Å². The van der Waals surface area contributed by atoms with Crippen LogP contribution in [0.1, 0.15) is 33.3 Å². The van der Waals surface area contributed by atoms with E-state index in [2.05, 4.69) is 5.32 Å². The summed E-state index contributed by atoms with van der Waals surface area (Å²) in [7, 11) is 1.94. The molecule has 0 aliphatic rings. The van der Waals surface area contributed by atoms with Gasteiger partial charge in [0, 0.05) is 17.8 Å². The lowest BCUT2D eigenvalue weighted by Crippen LogP contribution is -2.49. The number of halogens is 1. The second-order valence-electron chi connectivity index (χ2n) is 6.08. The van der Waals surface area contributed by atoms with Crippen LogP contribution in [0.15, 0.2) is 24.3 Å². The van der Waals surface area contributed by atoms with Gasteiger partial charge in [-0.1, -0.05) is 12.1 Å². The Bertz CT molecular complexity index is 443. The molecule has 4 nitrogen and oxygen atoms in total. The predicted octanol–water partition coefficient (Wildman–Crippen LogP) is 2.43. The Balaban J connectivity index is 0.00000361. The molecule has 5 heteroatoms. The van der Waals surface area contributed by atoms with E-state index in [1.54, 1.807) is 0 Å². The molecule has 0 aliphatic heterocycles. The highest BCUT2D eigenvalue weighted by molar-refractivity contribution is 5.85. The lowest BCUT2D eigenvalue weighted by atomic mass is 10.1. The van der Waals surface area contributed by atoms with Crippen molar-refractivity contribution in [2.45, 2.75) is 45.8 Å². The van der Waals surface area contributed by atoms with Crippen molar-refractivity contribution in [3.63, 3.8) is 0 Å². The number of carbonyl (C=O) groups excluding carboxylic acids is 1. The fourth-order valence-corrected chi connectivity index (χ4v) is 1.79. The van der Waals surface area contributed by atoms with Crippen molar-refractivity contribution in [3.8, 4) is 0 Å². The molecule has 0 saturated heterocycles. The topological polar surface area (TPSA) is 58.4 Å². The van der Waals surface area contributed by atoms with Crippen molar-refractivity contribution < 1.29 is 4.79 Å². The monoisotopic (exact) mass is 299 g/mol. The zero-order valence-corrected chi connectivity index (χ0v) is 13.8. The molecule has 1 amide bonds. The van der Waals surface area contributed by atoms with E-state index in [-0.39, 0.29) is 29.9 Å². The molecule has 114 valence electrons. The van der Waals surface area contributed by atoms with Gasteiger partial charge in [0.05, 0.1) is 6.04 Å². The minimum absolute atomic E-state index is 0. The maximum atomic E-state index is 12.1. The first kappa shape index (κ1) is 18.7. The van der Waals surface area contributed by atoms with E-state index in [0.717, 1.165) is 11.3 Å². The summed E-state index contributed by atoms with van der Waals surface area (Å²) in [4.78, 5) is 14.1. The third-order valence-corrected chi connectivity index (χ3v) is 2.92. The van der Waals surface area contributed by atoms with Gasteiger partial charge in [0.2, 0.25) is 5.91 Å². The van der Waals surface area contributed by atoms with Crippen molar-refractivity contribution in [2.75, 3.05) is 12.8 Å². The number of amides is 1. The third-order valence-electron chi connectivity index (χ3n) is 2.92. The van der Waals surface area contributed by atoms with Gasteiger partial charge >= 0.3 is 0 Å². The SMILES string of the molecule is CC(C(=O)NC(C)(C)C)N(C)Cc1cccc(N)c1.Cl. The van der Waals surface area contributed by atoms with E-state index >= 15 is 0 Å². The molecule has 1 unspecified atom stereocenters. The summed E-state index contributed by atoms with van der Waals surface area (Å²) in [6.07, 6.45) is 0. The number of rotatable bonds is 4. The number of hydrogen-bond acceptors (Lipinski definition) is 3. The van der Waals surface area contributed by atoms with Crippen molar-refractivity contribution in [3.05, 3.63) is 29.8 Å². The molecule has 0 aliphatic carbocycles. The standard InChI is InChI=1S/C15H25N3O.ClH/c1-11(14(19)17-15(2,3)4)18(5)10-12-7-6-8-13(16)9-12;/h6-9,11H,10,16H2,1-5H3,(H,17,19);1H. The quantitative estimate of drug-likeness (QED) is 0.840. The molecule has 0 heterocycles. The lowest BCUT2D eigenvalue weighted by molar-refractivity contribution is -0.127. The Morgan fingerprint density at radius 2 is 2.00 bits per heavy atom. The van der Waals surface area contributed by atoms with Gasteiger partial charge in [0.15, 0.2) is 0 Å². The summed E-state index contributed by atoms with van der Waals surface area (Å²) in [5.74, 6) is 0.0407. The number of hydrogen-bond donors (Lipinski definition) is 2. The van der Waals surface area contributed by atoms with Crippen LogP contribution in [0.5, 0.6) is 0 Å². The van der Waals surface area contributed by atoms with Crippen LogP contribution in [0.3, 0.4) is 0 Å². The predicted molar refractivity (Wildman–Crippen MR) is 86.9 cm³/mol. The zero-order chi connectivity index (χ0) is 14.6. The maximum absolute atomic E-state index is 12.1. The normalized spacial score (nSPS) is 12.7. The highest BCUT2D eigenvalue weighted by Crippen LogP contribution is 2.11. The van der Waals surface area contributed by atoms with Gasteiger partial charge in [-0.25, -0.2) is 0 Å². The molecular weight excluding hydrogens is 274 g/mol. The molecule has 20 heavy (non-hydrogen) atoms. The van der Waals surface area contributed by atoms with E-state index in [0.29, 0.717) is 6.54 Å². The average molecular weight is 300 g/mol. The van der Waals surface area contributed by atoms with Crippen molar-refractivity contribution in [1.82, 2.24) is 10.2 Å². The van der Waals surface area contributed by atoms with Crippen LogP contribution in [0.25, 0.3) is 0 Å². The molecule has 1 atom stereocenters. The summed E-state index contributed by atoms with van der Waals surface area (Å²) in [6, 6.07) is 7.56. The summed E-state index contributed by atoms with van der Waals surface area (Å²) in [6.45, 7) is 8.55. The smallest absolute Gasteiger partial charge is 0.237 e. The summed E-state index contributed by atoms with van der Waals surface area (Å²) in [5, 5.41) is 2.99. The Hall–Kier alpha value is -1.26. The molecule has 1 aromatic rings. The fraction of sp³-hybridized carbons (Fsp3) is 0.533. The van der Waals surface area contributed by atoms with E-state index < -0.39 is 0 Å². The number of benzene rings is 1. The number of nitrogens with two attached hydrogens (primary N) is 1. The second kappa shape index (κ2) is 7.50. The molecular formula is C15H26ClN3O. The highest BCUT2D eigenvalue weighted by atomic mass is 35.5. The average Bonchev–Trinajstić information content (AvgIpc) is 2.25. The van der Waals surface area contributed by atoms with Crippen LogP contribution >= 0.6 is 12.4 Å². The van der Waals surface area contributed by atoms with Crippen LogP contribution in [-0.4, -0.2) is 29.4 Å². The van der Waals surface area contributed by atoms with E-state index in [9.17, 15) is 4.79 Å². The number of carbonyl (C=O) groups is 1. The molecule has 1 rings (SSSR count). The molecule has 0 fully saturated rings. The van der Waals surface area contributed by atoms with Gasteiger partial charge in [0.25, 0.3) is 0 Å². The number of nitrogen functional groups attached to an aromatic ring is 1. The van der Waals surface area contributed by atoms with Gasteiger partial charge in [-0.2, -0.15) is 0 Å². The van der Waals surface area contributed by atoms with Gasteiger partial charge < -0.3 is 11.1 Å². The summed E-state index contributed by atoms with van der Waals surface area (Å²) >= 11 is 0. The Labute approximate surface area is 128 Å². The molecule has 1 aromatic carbocycles. The molecule has 0 aromatic heterocycles. The third kappa shape index (κ3) is 6.26. The number of likely N-dealkylation sites (N-methyl/N-ethyl adjacent to an activating group) is 1. The van der Waals surface area contributed by atoms with E-state index in [4.69, 9.17) is 5.73 Å². The Morgan fingerprint density at radius 1 is 1.40 bits per heavy atom. The van der Waals surface area contributed by atoms with Crippen LogP contribution < -0.4 is 11.1 Å². The van der Waals surface area contributed by atoms with Crippen molar-refractivity contribution in [2.24, 2.45) is 0 Å². The first-order chi connectivity index (χ1) is 8.69. The zero-order valence-electron chi connectivity index (χ0n) is 12.9. The largest absolute Gasteiger partial charge is 0.399 e. The number of nitrogens with one attached hydrogen (secondary N) is 1. The lowest BCUT2D eigenvalue weighted by Gasteiger charge is -2.28. The van der Waals surface area contributed by atoms with Crippen LogP contribution in [0.4, 0.5) is 5.69 Å².